The van der Waals surface area contributed by atoms with Crippen LogP contribution in [-0.4, -0.2) is 28.0 Å². The maximum atomic E-state index is 11.2. The summed E-state index contributed by atoms with van der Waals surface area (Å²) in [5.74, 6) is -2.07. The molecule has 7 heteroatoms. The Bertz CT molecular complexity index is 470. The first kappa shape index (κ1) is 13.4. The highest BCUT2D eigenvalue weighted by Crippen LogP contribution is 1.93. The summed E-state index contributed by atoms with van der Waals surface area (Å²) in [6.07, 6.45) is 4.58. The number of carboxylic acid groups (broad SMARTS) is 1. The second-order valence-electron chi connectivity index (χ2n) is 3.20. The van der Waals surface area contributed by atoms with E-state index in [1.54, 1.807) is 24.5 Å². The molecule has 0 radical (unpaired) electrons. The van der Waals surface area contributed by atoms with Crippen LogP contribution in [-0.2, 0) is 16.1 Å². The van der Waals surface area contributed by atoms with Crippen LogP contribution >= 0.6 is 0 Å². The van der Waals surface area contributed by atoms with E-state index in [1.807, 2.05) is 5.32 Å². The summed E-state index contributed by atoms with van der Waals surface area (Å²) < 4.78 is 0. The molecule has 0 fully saturated rings. The van der Waals surface area contributed by atoms with Crippen molar-refractivity contribution in [3.8, 4) is 0 Å². The van der Waals surface area contributed by atoms with Gasteiger partial charge in [0.25, 0.3) is 5.91 Å². The van der Waals surface area contributed by atoms with E-state index in [0.29, 0.717) is 6.08 Å². The number of carbonyl (C=O) groups excluding carboxylic acids is 2. The molecule has 3 N–H and O–H groups in total. The zero-order valence-electron chi connectivity index (χ0n) is 9.29. The van der Waals surface area contributed by atoms with Gasteiger partial charge in [-0.25, -0.2) is 9.59 Å². The fraction of sp³-hybridized carbons (Fsp3) is 0.0909. The van der Waals surface area contributed by atoms with E-state index in [-0.39, 0.29) is 6.54 Å². The topological polar surface area (TPSA) is 108 Å². The predicted octanol–water partition coefficient (Wildman–Crippen LogP) is 0.0482. The Hall–Kier alpha value is -2.70. The second kappa shape index (κ2) is 6.79. The Balaban J connectivity index is 2.34. The van der Waals surface area contributed by atoms with Gasteiger partial charge in [-0.15, -0.1) is 0 Å². The number of carboxylic acids is 1. The summed E-state index contributed by atoms with van der Waals surface area (Å²) >= 11 is 0. The van der Waals surface area contributed by atoms with Crippen LogP contribution in [0.1, 0.15) is 5.56 Å². The summed E-state index contributed by atoms with van der Waals surface area (Å²) in [4.78, 5) is 36.2. The number of aliphatic carboxylic acids is 1. The summed E-state index contributed by atoms with van der Waals surface area (Å²) in [6, 6.07) is 2.77. The number of rotatable bonds is 4. The molecule has 0 aliphatic heterocycles. The molecule has 3 amide bonds. The zero-order chi connectivity index (χ0) is 13.4. The number of hydrogen-bond donors (Lipinski definition) is 3. The van der Waals surface area contributed by atoms with Gasteiger partial charge in [0.05, 0.1) is 0 Å². The number of carbonyl (C=O) groups is 3. The monoisotopic (exact) mass is 249 g/mol. The molecule has 0 saturated heterocycles. The Kier molecular flexibility index (Phi) is 5.04. The third-order valence-electron chi connectivity index (χ3n) is 1.79. The molecule has 0 aliphatic carbocycles. The van der Waals surface area contributed by atoms with E-state index >= 15 is 0 Å². The predicted molar refractivity (Wildman–Crippen MR) is 61.4 cm³/mol. The van der Waals surface area contributed by atoms with Gasteiger partial charge in [-0.1, -0.05) is 6.07 Å². The van der Waals surface area contributed by atoms with E-state index < -0.39 is 17.9 Å². The normalized spacial score (nSPS) is 10.0. The average molecular weight is 249 g/mol. The number of nitrogens with zero attached hydrogens (tertiary/aromatic N) is 1. The summed E-state index contributed by atoms with van der Waals surface area (Å²) in [6.45, 7) is 0.218. The molecule has 0 spiro atoms. The highest BCUT2D eigenvalue weighted by molar-refractivity contribution is 6.02. The van der Waals surface area contributed by atoms with Crippen LogP contribution in [0.2, 0.25) is 0 Å². The van der Waals surface area contributed by atoms with Crippen LogP contribution in [0, 0.1) is 0 Å². The second-order valence-corrected chi connectivity index (χ2v) is 3.20. The molecular formula is C11H11N3O4. The van der Waals surface area contributed by atoms with Gasteiger partial charge < -0.3 is 10.4 Å². The van der Waals surface area contributed by atoms with E-state index in [9.17, 15) is 14.4 Å². The lowest BCUT2D eigenvalue weighted by Crippen LogP contribution is -2.38. The lowest BCUT2D eigenvalue weighted by molar-refractivity contribution is -0.131. The number of urea groups is 1. The van der Waals surface area contributed by atoms with Gasteiger partial charge in [0.15, 0.2) is 0 Å². The summed E-state index contributed by atoms with van der Waals surface area (Å²) in [5.41, 5.74) is 0.779. The molecule has 0 atom stereocenters. The molecular weight excluding hydrogens is 238 g/mol. The molecule has 18 heavy (non-hydrogen) atoms. The molecule has 0 saturated carbocycles. The van der Waals surface area contributed by atoms with Gasteiger partial charge in [-0.2, -0.15) is 0 Å². The highest BCUT2D eigenvalue weighted by Gasteiger charge is 2.04. The quantitative estimate of drug-likeness (QED) is 0.653. The van der Waals surface area contributed by atoms with Gasteiger partial charge in [-0.3, -0.25) is 15.1 Å². The van der Waals surface area contributed by atoms with Gasteiger partial charge in [0.1, 0.15) is 0 Å². The van der Waals surface area contributed by atoms with Crippen LogP contribution in [0.25, 0.3) is 0 Å². The van der Waals surface area contributed by atoms with Crippen LogP contribution < -0.4 is 10.6 Å². The fourth-order valence-electron chi connectivity index (χ4n) is 1.03. The molecule has 1 aromatic rings. The molecule has 0 aromatic carbocycles. The average Bonchev–Trinajstić information content (AvgIpc) is 2.35. The lowest BCUT2D eigenvalue weighted by atomic mass is 10.3. The molecule has 1 heterocycles. The lowest BCUT2D eigenvalue weighted by Gasteiger charge is -2.04. The molecule has 94 valence electrons. The smallest absolute Gasteiger partial charge is 0.328 e. The third kappa shape index (κ3) is 5.40. The van der Waals surface area contributed by atoms with Gasteiger partial charge in [-0.05, 0) is 11.6 Å². The Morgan fingerprint density at radius 1 is 1.33 bits per heavy atom. The number of hydrogen-bond acceptors (Lipinski definition) is 4. The van der Waals surface area contributed by atoms with Crippen molar-refractivity contribution >= 4 is 17.9 Å². The van der Waals surface area contributed by atoms with Gasteiger partial charge >= 0.3 is 12.0 Å². The van der Waals surface area contributed by atoms with Crippen LogP contribution in [0.5, 0.6) is 0 Å². The van der Waals surface area contributed by atoms with Crippen LogP contribution in [0.15, 0.2) is 36.7 Å². The van der Waals surface area contributed by atoms with Crippen molar-refractivity contribution in [2.75, 3.05) is 0 Å². The number of aromatic nitrogens is 1. The minimum absolute atomic E-state index is 0.218. The zero-order valence-corrected chi connectivity index (χ0v) is 9.29. The number of pyridine rings is 1. The maximum absolute atomic E-state index is 11.2. The number of nitrogens with one attached hydrogen (secondary N) is 2. The first-order chi connectivity index (χ1) is 8.58. The summed E-state index contributed by atoms with van der Waals surface area (Å²) in [5, 5.41) is 12.6. The Labute approximate surface area is 103 Å². The number of imide groups is 1. The minimum atomic E-state index is -1.26. The fourth-order valence-corrected chi connectivity index (χ4v) is 1.03. The largest absolute Gasteiger partial charge is 0.478 e. The van der Waals surface area contributed by atoms with Crippen LogP contribution in [0.4, 0.5) is 4.79 Å². The first-order valence-electron chi connectivity index (χ1n) is 4.96. The Morgan fingerprint density at radius 3 is 2.72 bits per heavy atom. The molecule has 0 bridgehead atoms. The number of amides is 3. The van der Waals surface area contributed by atoms with Crippen molar-refractivity contribution in [1.29, 1.82) is 0 Å². The van der Waals surface area contributed by atoms with E-state index in [0.717, 1.165) is 11.6 Å². The SMILES string of the molecule is O=C(O)/C=C/C(=O)NC(=O)NCc1cccnc1. The van der Waals surface area contributed by atoms with E-state index in [4.69, 9.17) is 5.11 Å². The van der Waals surface area contributed by atoms with E-state index in [2.05, 4.69) is 10.3 Å². The van der Waals surface area contributed by atoms with Gasteiger partial charge in [0.2, 0.25) is 0 Å². The molecule has 7 nitrogen and oxygen atoms in total. The van der Waals surface area contributed by atoms with Gasteiger partial charge in [0, 0.05) is 31.1 Å². The molecule has 0 unspecified atom stereocenters. The summed E-state index contributed by atoms with van der Waals surface area (Å²) in [7, 11) is 0. The Morgan fingerprint density at radius 2 is 2.11 bits per heavy atom. The van der Waals surface area contributed by atoms with Crippen LogP contribution in [0.3, 0.4) is 0 Å². The van der Waals surface area contributed by atoms with Crippen molar-refractivity contribution in [3.63, 3.8) is 0 Å². The van der Waals surface area contributed by atoms with Crippen molar-refractivity contribution in [3.05, 3.63) is 42.2 Å². The van der Waals surface area contributed by atoms with E-state index in [1.165, 1.54) is 0 Å². The van der Waals surface area contributed by atoms with Crippen molar-refractivity contribution < 1.29 is 19.5 Å². The molecule has 1 rings (SSSR count). The maximum Gasteiger partial charge on any atom is 0.328 e. The molecule has 1 aromatic heterocycles. The third-order valence-corrected chi connectivity index (χ3v) is 1.79. The molecule has 0 aliphatic rings. The van der Waals surface area contributed by atoms with Crippen molar-refractivity contribution in [1.82, 2.24) is 15.6 Å². The highest BCUT2D eigenvalue weighted by atomic mass is 16.4. The first-order valence-corrected chi connectivity index (χ1v) is 4.96. The van der Waals surface area contributed by atoms with Crippen molar-refractivity contribution in [2.24, 2.45) is 0 Å². The standard InChI is InChI=1S/C11H11N3O4/c15-9(3-4-10(16)17)14-11(18)13-7-8-2-1-5-12-6-8/h1-6H,7H2,(H,16,17)(H2,13,14,15,18)/b4-3+. The minimum Gasteiger partial charge on any atom is -0.478 e. The van der Waals surface area contributed by atoms with Crippen molar-refractivity contribution in [2.45, 2.75) is 6.54 Å².